The van der Waals surface area contributed by atoms with Crippen LogP contribution >= 0.6 is 11.8 Å². The molecule has 1 aliphatic rings. The van der Waals surface area contributed by atoms with Crippen molar-refractivity contribution in [2.75, 3.05) is 5.75 Å². The van der Waals surface area contributed by atoms with E-state index in [2.05, 4.69) is 0 Å². The molecule has 0 aromatic carbocycles. The van der Waals surface area contributed by atoms with E-state index in [-0.39, 0.29) is 0 Å². The van der Waals surface area contributed by atoms with Crippen LogP contribution in [0.25, 0.3) is 0 Å². The highest BCUT2D eigenvalue weighted by Crippen LogP contribution is 2.18. The third-order valence-corrected chi connectivity index (χ3v) is 2.11. The van der Waals surface area contributed by atoms with Gasteiger partial charge in [0.2, 0.25) is 0 Å². The van der Waals surface area contributed by atoms with Crippen LogP contribution in [0, 0.1) is 0 Å². The molecule has 1 heterocycles. The van der Waals surface area contributed by atoms with Gasteiger partial charge in [0.25, 0.3) is 0 Å². The van der Waals surface area contributed by atoms with Crippen molar-refractivity contribution in [3.05, 3.63) is 11.0 Å². The number of hydrogen-bond donors (Lipinski definition) is 0. The molecule has 0 spiro atoms. The molecule has 0 bridgehead atoms. The van der Waals surface area contributed by atoms with E-state index < -0.39 is 0 Å². The van der Waals surface area contributed by atoms with Crippen molar-refractivity contribution in [3.8, 4) is 0 Å². The van der Waals surface area contributed by atoms with Gasteiger partial charge in [-0.05, 0) is 29.6 Å². The quantitative estimate of drug-likeness (QED) is 0.499. The molecular formula is C6H8OS. The second kappa shape index (κ2) is 2.92. The average molecular weight is 128 g/mol. The largest absolute Gasteiger partial charge is 0.298 e. The van der Waals surface area contributed by atoms with Crippen LogP contribution in [0.1, 0.15) is 12.8 Å². The second-order valence-electron chi connectivity index (χ2n) is 1.78. The minimum atomic E-state index is 0.951. The van der Waals surface area contributed by atoms with E-state index in [9.17, 15) is 4.79 Å². The summed E-state index contributed by atoms with van der Waals surface area (Å²) in [6.45, 7) is 0. The molecule has 0 N–H and O–H groups in total. The first-order valence-electron chi connectivity index (χ1n) is 2.69. The summed E-state index contributed by atoms with van der Waals surface area (Å²) in [6, 6.07) is 0. The number of carbonyl (C=O) groups is 1. The Morgan fingerprint density at radius 1 is 1.75 bits per heavy atom. The van der Waals surface area contributed by atoms with Crippen molar-refractivity contribution in [3.63, 3.8) is 0 Å². The number of rotatable bonds is 1. The Morgan fingerprint density at radius 3 is 3.00 bits per heavy atom. The van der Waals surface area contributed by atoms with E-state index in [1.165, 1.54) is 5.75 Å². The van der Waals surface area contributed by atoms with Crippen molar-refractivity contribution in [2.24, 2.45) is 0 Å². The SMILES string of the molecule is O=CC1=CSCCC1. The minimum Gasteiger partial charge on any atom is -0.298 e. The van der Waals surface area contributed by atoms with Gasteiger partial charge in [-0.2, -0.15) is 0 Å². The normalized spacial score (nSPS) is 19.8. The molecule has 0 aromatic rings. The highest BCUT2D eigenvalue weighted by atomic mass is 32.2. The number of allylic oxidation sites excluding steroid dienone is 1. The summed E-state index contributed by atoms with van der Waals surface area (Å²) in [5.74, 6) is 1.18. The third-order valence-electron chi connectivity index (χ3n) is 1.11. The Bertz CT molecular complexity index is 118. The van der Waals surface area contributed by atoms with E-state index in [4.69, 9.17) is 0 Å². The van der Waals surface area contributed by atoms with Crippen molar-refractivity contribution in [1.82, 2.24) is 0 Å². The number of aldehydes is 1. The lowest BCUT2D eigenvalue weighted by Gasteiger charge is -2.04. The topological polar surface area (TPSA) is 17.1 Å². The molecule has 0 aliphatic carbocycles. The Hall–Kier alpha value is -0.240. The monoisotopic (exact) mass is 128 g/mol. The zero-order valence-electron chi connectivity index (χ0n) is 4.59. The summed E-state index contributed by atoms with van der Waals surface area (Å²) in [6.07, 6.45) is 3.10. The maximum atomic E-state index is 10.1. The van der Waals surface area contributed by atoms with Gasteiger partial charge in [0.15, 0.2) is 0 Å². The van der Waals surface area contributed by atoms with Crippen LogP contribution in [0.3, 0.4) is 0 Å². The van der Waals surface area contributed by atoms with Gasteiger partial charge in [-0.15, -0.1) is 11.8 Å². The van der Waals surface area contributed by atoms with Gasteiger partial charge >= 0.3 is 0 Å². The van der Waals surface area contributed by atoms with Crippen LogP contribution in [0.2, 0.25) is 0 Å². The van der Waals surface area contributed by atoms with Crippen LogP contribution in [0.15, 0.2) is 11.0 Å². The third kappa shape index (κ3) is 1.37. The number of hydrogen-bond acceptors (Lipinski definition) is 2. The van der Waals surface area contributed by atoms with Crippen LogP contribution in [0.5, 0.6) is 0 Å². The molecule has 8 heavy (non-hydrogen) atoms. The molecule has 0 fully saturated rings. The van der Waals surface area contributed by atoms with Crippen molar-refractivity contribution >= 4 is 18.0 Å². The molecule has 0 aromatic heterocycles. The first-order valence-corrected chi connectivity index (χ1v) is 3.74. The predicted molar refractivity (Wildman–Crippen MR) is 35.8 cm³/mol. The molecule has 1 rings (SSSR count). The molecule has 1 aliphatic heterocycles. The van der Waals surface area contributed by atoms with Crippen molar-refractivity contribution < 1.29 is 4.79 Å². The van der Waals surface area contributed by atoms with E-state index >= 15 is 0 Å². The highest BCUT2D eigenvalue weighted by Gasteiger charge is 2.00. The van der Waals surface area contributed by atoms with Crippen LogP contribution in [-0.2, 0) is 4.79 Å². The van der Waals surface area contributed by atoms with Crippen LogP contribution < -0.4 is 0 Å². The number of thioether (sulfide) groups is 1. The van der Waals surface area contributed by atoms with Gasteiger partial charge in [-0.25, -0.2) is 0 Å². The Balaban J connectivity index is 2.49. The van der Waals surface area contributed by atoms with Gasteiger partial charge in [0.1, 0.15) is 6.29 Å². The molecule has 0 amide bonds. The summed E-state index contributed by atoms with van der Waals surface area (Å²) < 4.78 is 0. The second-order valence-corrected chi connectivity index (χ2v) is 2.76. The Morgan fingerprint density at radius 2 is 2.62 bits per heavy atom. The molecule has 0 saturated carbocycles. The molecule has 0 saturated heterocycles. The van der Waals surface area contributed by atoms with Crippen LogP contribution in [-0.4, -0.2) is 12.0 Å². The summed E-state index contributed by atoms with van der Waals surface area (Å²) in [5.41, 5.74) is 0.959. The molecule has 0 radical (unpaired) electrons. The summed E-state index contributed by atoms with van der Waals surface area (Å²) >= 11 is 1.73. The number of carbonyl (C=O) groups excluding carboxylic acids is 1. The van der Waals surface area contributed by atoms with Gasteiger partial charge in [0, 0.05) is 0 Å². The molecular weight excluding hydrogens is 120 g/mol. The molecule has 2 heteroatoms. The lowest BCUT2D eigenvalue weighted by atomic mass is 10.2. The summed E-state index contributed by atoms with van der Waals surface area (Å²) in [7, 11) is 0. The molecule has 0 atom stereocenters. The Labute approximate surface area is 53.2 Å². The van der Waals surface area contributed by atoms with E-state index in [0.29, 0.717) is 0 Å². The van der Waals surface area contributed by atoms with E-state index in [1.54, 1.807) is 11.8 Å². The fourth-order valence-electron chi connectivity index (χ4n) is 0.671. The molecule has 44 valence electrons. The van der Waals surface area contributed by atoms with Gasteiger partial charge < -0.3 is 0 Å². The maximum Gasteiger partial charge on any atom is 0.146 e. The van der Waals surface area contributed by atoms with E-state index in [1.807, 2.05) is 5.41 Å². The summed E-state index contributed by atoms with van der Waals surface area (Å²) in [4.78, 5) is 10.1. The van der Waals surface area contributed by atoms with Gasteiger partial charge in [-0.1, -0.05) is 0 Å². The smallest absolute Gasteiger partial charge is 0.146 e. The zero-order chi connectivity index (χ0) is 5.82. The lowest BCUT2D eigenvalue weighted by molar-refractivity contribution is -0.105. The van der Waals surface area contributed by atoms with Crippen LogP contribution in [0.4, 0.5) is 0 Å². The minimum absolute atomic E-state index is 0.951. The standard InChI is InChI=1S/C6H8OS/c7-4-6-2-1-3-8-5-6/h4-5H,1-3H2. The van der Waals surface area contributed by atoms with Gasteiger partial charge in [-0.3, -0.25) is 4.79 Å². The maximum absolute atomic E-state index is 10.1. The fraction of sp³-hybridized carbons (Fsp3) is 0.500. The molecule has 0 unspecified atom stereocenters. The lowest BCUT2D eigenvalue weighted by Crippen LogP contribution is -1.91. The van der Waals surface area contributed by atoms with Crippen molar-refractivity contribution in [2.45, 2.75) is 12.8 Å². The predicted octanol–water partition coefficient (Wildman–Crippen LogP) is 1.60. The van der Waals surface area contributed by atoms with Gasteiger partial charge in [0.05, 0.1) is 0 Å². The van der Waals surface area contributed by atoms with Crippen molar-refractivity contribution in [1.29, 1.82) is 0 Å². The zero-order valence-corrected chi connectivity index (χ0v) is 5.41. The highest BCUT2D eigenvalue weighted by molar-refractivity contribution is 8.02. The fourth-order valence-corrected chi connectivity index (χ4v) is 1.49. The van der Waals surface area contributed by atoms with E-state index in [0.717, 1.165) is 24.7 Å². The summed E-state index contributed by atoms with van der Waals surface area (Å²) in [5, 5.41) is 1.95. The first kappa shape index (κ1) is 5.89. The molecule has 1 nitrogen and oxygen atoms in total. The Kier molecular flexibility index (Phi) is 2.15. The first-order chi connectivity index (χ1) is 3.93. The average Bonchev–Trinajstić information content (AvgIpc) is 1.90.